The Morgan fingerprint density at radius 2 is 2.16 bits per heavy atom. The molecule has 1 heterocycles. The average Bonchev–Trinajstić information content (AvgIpc) is 2.46. The number of hydrogen-bond donors (Lipinski definition) is 0. The van der Waals surface area contributed by atoms with Crippen LogP contribution < -0.4 is 0 Å². The SMILES string of the molecule is C=CC[C@H]1N(C(=O)OC)CCC[C@@]1([O][AlH2])C(=O)OC. The van der Waals surface area contributed by atoms with Gasteiger partial charge in [-0.25, -0.2) is 9.59 Å². The summed E-state index contributed by atoms with van der Waals surface area (Å²) in [5, 5.41) is 0. The zero-order chi connectivity index (χ0) is 14.5. The van der Waals surface area contributed by atoms with E-state index < -0.39 is 23.7 Å². The fraction of sp³-hybridized carbons (Fsp3) is 0.667. The molecule has 1 saturated heterocycles. The van der Waals surface area contributed by atoms with Crippen molar-refractivity contribution in [1.82, 2.24) is 4.90 Å². The predicted molar refractivity (Wildman–Crippen MR) is 71.3 cm³/mol. The van der Waals surface area contributed by atoms with E-state index >= 15 is 0 Å². The lowest BCUT2D eigenvalue weighted by atomic mass is 9.82. The van der Waals surface area contributed by atoms with Crippen molar-refractivity contribution in [3.05, 3.63) is 12.7 Å². The summed E-state index contributed by atoms with van der Waals surface area (Å²) in [5.41, 5.74) is -1.10. The van der Waals surface area contributed by atoms with E-state index in [1.165, 1.54) is 19.1 Å². The van der Waals surface area contributed by atoms with Gasteiger partial charge in [0, 0.05) is 6.54 Å². The first-order chi connectivity index (χ1) is 9.07. The second kappa shape index (κ2) is 6.94. The van der Waals surface area contributed by atoms with E-state index in [2.05, 4.69) is 6.58 Å². The summed E-state index contributed by atoms with van der Waals surface area (Å²) < 4.78 is 15.2. The first kappa shape index (κ1) is 16.0. The smallest absolute Gasteiger partial charge is 0.411 e. The van der Waals surface area contributed by atoms with Crippen molar-refractivity contribution in [2.45, 2.75) is 30.9 Å². The predicted octanol–water partition coefficient (Wildman–Crippen LogP) is 0.270. The van der Waals surface area contributed by atoms with Gasteiger partial charge in [-0.3, -0.25) is 0 Å². The van der Waals surface area contributed by atoms with Crippen LogP contribution in [0.15, 0.2) is 12.7 Å². The molecular weight excluding hydrogens is 265 g/mol. The molecule has 0 radical (unpaired) electrons. The summed E-state index contributed by atoms with van der Waals surface area (Å²) in [7, 11) is 2.65. The van der Waals surface area contributed by atoms with E-state index in [9.17, 15) is 9.59 Å². The minimum Gasteiger partial charge on any atom is -0.492 e. The Morgan fingerprint density at radius 1 is 1.47 bits per heavy atom. The number of likely N-dealkylation sites (tertiary alicyclic amines) is 1. The van der Waals surface area contributed by atoms with E-state index in [1.54, 1.807) is 6.08 Å². The van der Waals surface area contributed by atoms with Crippen LogP contribution in [-0.4, -0.2) is 66.0 Å². The van der Waals surface area contributed by atoms with Crippen molar-refractivity contribution in [2.24, 2.45) is 0 Å². The molecule has 106 valence electrons. The number of nitrogens with zero attached hydrogens (tertiary/aromatic N) is 1. The number of esters is 1. The van der Waals surface area contributed by atoms with Gasteiger partial charge >= 0.3 is 28.7 Å². The number of rotatable bonds is 4. The molecule has 0 aromatic heterocycles. The zero-order valence-corrected chi connectivity index (χ0v) is 13.7. The fourth-order valence-electron chi connectivity index (χ4n) is 2.63. The highest BCUT2D eigenvalue weighted by molar-refractivity contribution is 6.01. The minimum absolute atomic E-state index is 0.376. The number of carbonyl (C=O) groups excluding carboxylic acids is 2. The molecule has 0 spiro atoms. The zero-order valence-electron chi connectivity index (χ0n) is 11.7. The van der Waals surface area contributed by atoms with Crippen molar-refractivity contribution < 1.29 is 22.9 Å². The number of methoxy groups -OCH3 is 2. The van der Waals surface area contributed by atoms with Crippen LogP contribution in [0.5, 0.6) is 0 Å². The molecular formula is C12H20AlNO5. The molecule has 1 fully saturated rings. The van der Waals surface area contributed by atoms with Gasteiger partial charge in [-0.05, 0) is 19.3 Å². The van der Waals surface area contributed by atoms with Crippen molar-refractivity contribution in [2.75, 3.05) is 20.8 Å². The van der Waals surface area contributed by atoms with Crippen LogP contribution in [0.2, 0.25) is 0 Å². The summed E-state index contributed by atoms with van der Waals surface area (Å²) in [4.78, 5) is 25.5. The summed E-state index contributed by atoms with van der Waals surface area (Å²) in [6.07, 6.45) is 2.87. The molecule has 19 heavy (non-hydrogen) atoms. The number of hydrogen-bond acceptors (Lipinski definition) is 5. The molecule has 1 rings (SSSR count). The third-order valence-electron chi connectivity index (χ3n) is 3.56. The molecule has 0 unspecified atom stereocenters. The maximum Gasteiger partial charge on any atom is 0.411 e. The van der Waals surface area contributed by atoms with Crippen molar-refractivity contribution in [1.29, 1.82) is 0 Å². The van der Waals surface area contributed by atoms with Crippen LogP contribution in [0.4, 0.5) is 4.79 Å². The minimum atomic E-state index is -1.10. The van der Waals surface area contributed by atoms with Gasteiger partial charge in [-0.15, -0.1) is 6.58 Å². The molecule has 0 aliphatic carbocycles. The summed E-state index contributed by atoms with van der Waals surface area (Å²) in [6, 6.07) is -0.434. The van der Waals surface area contributed by atoms with E-state index in [-0.39, 0.29) is 0 Å². The Labute approximate surface area is 121 Å². The van der Waals surface area contributed by atoms with Gasteiger partial charge in [0.25, 0.3) is 0 Å². The van der Waals surface area contributed by atoms with Gasteiger partial charge in [0.2, 0.25) is 0 Å². The van der Waals surface area contributed by atoms with E-state index in [0.29, 0.717) is 42.4 Å². The second-order valence-electron chi connectivity index (χ2n) is 4.39. The Morgan fingerprint density at radius 3 is 2.63 bits per heavy atom. The molecule has 1 aliphatic heterocycles. The number of carbonyl (C=O) groups is 2. The third kappa shape index (κ3) is 2.94. The van der Waals surface area contributed by atoms with Crippen molar-refractivity contribution >= 4 is 28.7 Å². The van der Waals surface area contributed by atoms with Gasteiger partial charge in [0.15, 0.2) is 5.60 Å². The lowest BCUT2D eigenvalue weighted by Gasteiger charge is -2.47. The molecule has 0 N–H and O–H groups in total. The lowest BCUT2D eigenvalue weighted by molar-refractivity contribution is -0.169. The normalized spacial score (nSPS) is 26.6. The Bertz CT molecular complexity index is 362. The number of amides is 1. The highest BCUT2D eigenvalue weighted by atomic mass is 27.1. The van der Waals surface area contributed by atoms with Crippen molar-refractivity contribution in [3.8, 4) is 0 Å². The van der Waals surface area contributed by atoms with Gasteiger partial charge in [0.05, 0.1) is 20.3 Å². The van der Waals surface area contributed by atoms with Crippen LogP contribution in [0, 0.1) is 0 Å². The maximum atomic E-state index is 12.1. The molecule has 0 aromatic rings. The van der Waals surface area contributed by atoms with E-state index in [1.807, 2.05) is 0 Å². The van der Waals surface area contributed by atoms with Gasteiger partial charge in [-0.2, -0.15) is 0 Å². The quantitative estimate of drug-likeness (QED) is 0.421. The number of ether oxygens (including phenoxy) is 2. The lowest BCUT2D eigenvalue weighted by Crippen LogP contribution is -2.63. The molecule has 2 atom stereocenters. The summed E-state index contributed by atoms with van der Waals surface area (Å²) in [6.45, 7) is 4.22. The molecule has 6 nitrogen and oxygen atoms in total. The van der Waals surface area contributed by atoms with Crippen LogP contribution in [0.25, 0.3) is 0 Å². The maximum absolute atomic E-state index is 12.1. The molecule has 0 bridgehead atoms. The molecule has 0 saturated carbocycles. The second-order valence-corrected chi connectivity index (χ2v) is 4.80. The average molecular weight is 285 g/mol. The summed E-state index contributed by atoms with van der Waals surface area (Å²) >= 11 is 0.376. The number of piperidine rings is 1. The van der Waals surface area contributed by atoms with E-state index in [0.717, 1.165) is 0 Å². The first-order valence-electron chi connectivity index (χ1n) is 6.16. The van der Waals surface area contributed by atoms with Crippen LogP contribution in [0.1, 0.15) is 19.3 Å². The van der Waals surface area contributed by atoms with Crippen molar-refractivity contribution in [3.63, 3.8) is 0 Å². The molecule has 1 aliphatic rings. The molecule has 0 aromatic carbocycles. The Hall–Kier alpha value is -1.03. The largest absolute Gasteiger partial charge is 0.492 e. The fourth-order valence-corrected chi connectivity index (χ4v) is 3.27. The first-order valence-corrected chi connectivity index (χ1v) is 6.98. The Kier molecular flexibility index (Phi) is 5.86. The van der Waals surface area contributed by atoms with Gasteiger partial charge < -0.3 is 18.2 Å². The highest BCUT2D eigenvalue weighted by Crippen LogP contribution is 2.34. The van der Waals surface area contributed by atoms with Crippen LogP contribution in [0.3, 0.4) is 0 Å². The van der Waals surface area contributed by atoms with Crippen LogP contribution in [-0.2, 0) is 18.1 Å². The van der Waals surface area contributed by atoms with Crippen LogP contribution >= 0.6 is 0 Å². The molecule has 1 amide bonds. The van der Waals surface area contributed by atoms with E-state index in [4.69, 9.17) is 13.3 Å². The monoisotopic (exact) mass is 285 g/mol. The van der Waals surface area contributed by atoms with Gasteiger partial charge in [-0.1, -0.05) is 6.08 Å². The molecule has 7 heteroatoms. The Balaban J connectivity index is 3.15. The third-order valence-corrected chi connectivity index (χ3v) is 4.28. The summed E-state index contributed by atoms with van der Waals surface area (Å²) in [5.74, 6) is -0.442. The van der Waals surface area contributed by atoms with Gasteiger partial charge in [0.1, 0.15) is 0 Å². The topological polar surface area (TPSA) is 65.1 Å². The highest BCUT2D eigenvalue weighted by Gasteiger charge is 2.51. The standard InChI is InChI=1S/C12H18NO5.Al.2H/c1-4-6-9-12(16,10(14)17-2)7-5-8-13(9)11(15)18-3;;;/h4,9H,1,5-8H2,2-3H3;;;/q-1;+1;;/t9-,12+;;;/m1.../s1.